The molecule has 2 amide bonds. The number of carbonyl (C=O) groups excluding carboxylic acids is 2. The molecular weight excluding hydrogens is 333 g/mol. The topological polar surface area (TPSA) is 53.5 Å². The highest BCUT2D eigenvalue weighted by Gasteiger charge is 2.35. The maximum Gasteiger partial charge on any atom is 0.255 e. The second-order valence-electron chi connectivity index (χ2n) is 7.33. The van der Waals surface area contributed by atoms with Gasteiger partial charge in [0.15, 0.2) is 0 Å². The van der Waals surface area contributed by atoms with Gasteiger partial charge in [-0.05, 0) is 38.0 Å². The first kappa shape index (κ1) is 18.3. The van der Waals surface area contributed by atoms with Crippen molar-refractivity contribution < 1.29 is 14.0 Å². The predicted molar refractivity (Wildman–Crippen MR) is 98.4 cm³/mol. The van der Waals surface area contributed by atoms with Gasteiger partial charge in [0.2, 0.25) is 5.91 Å². The molecule has 2 heterocycles. The lowest BCUT2D eigenvalue weighted by molar-refractivity contribution is -0.140. The Bertz CT molecular complexity index is 860. The van der Waals surface area contributed by atoms with Crippen molar-refractivity contribution in [3.05, 3.63) is 41.3 Å². The van der Waals surface area contributed by atoms with Gasteiger partial charge in [0.1, 0.15) is 11.9 Å². The first-order valence-corrected chi connectivity index (χ1v) is 8.94. The molecule has 5 nitrogen and oxygen atoms in total. The maximum atomic E-state index is 13.5. The number of fused-ring (bicyclic) bond motifs is 1. The molecule has 138 valence electrons. The number of amides is 2. The van der Waals surface area contributed by atoms with Gasteiger partial charge in [0.25, 0.3) is 5.91 Å². The number of pyridine rings is 1. The Morgan fingerprint density at radius 1 is 1.31 bits per heavy atom. The Balaban J connectivity index is 1.93. The Kier molecular flexibility index (Phi) is 4.94. The lowest BCUT2D eigenvalue weighted by Crippen LogP contribution is -2.58. The zero-order valence-electron chi connectivity index (χ0n) is 15.6. The molecule has 0 unspecified atom stereocenters. The summed E-state index contributed by atoms with van der Waals surface area (Å²) in [6.07, 6.45) is 0. The van der Waals surface area contributed by atoms with E-state index in [0.717, 1.165) is 0 Å². The summed E-state index contributed by atoms with van der Waals surface area (Å²) in [7, 11) is 0. The van der Waals surface area contributed by atoms with Gasteiger partial charge in [-0.25, -0.2) is 4.39 Å². The van der Waals surface area contributed by atoms with E-state index in [1.807, 2.05) is 4.90 Å². The van der Waals surface area contributed by atoms with Crippen LogP contribution in [0, 0.1) is 18.7 Å². The molecule has 0 radical (unpaired) electrons. The second kappa shape index (κ2) is 7.02. The largest absolute Gasteiger partial charge is 0.339 e. The monoisotopic (exact) mass is 357 g/mol. The summed E-state index contributed by atoms with van der Waals surface area (Å²) < 4.78 is 13.5. The van der Waals surface area contributed by atoms with Crippen molar-refractivity contribution in [3.63, 3.8) is 0 Å². The van der Waals surface area contributed by atoms with Gasteiger partial charge < -0.3 is 9.80 Å². The van der Waals surface area contributed by atoms with Crippen LogP contribution in [-0.2, 0) is 4.79 Å². The smallest absolute Gasteiger partial charge is 0.255 e. The highest BCUT2D eigenvalue weighted by molar-refractivity contribution is 6.07. The van der Waals surface area contributed by atoms with Crippen molar-refractivity contribution in [1.82, 2.24) is 14.8 Å². The van der Waals surface area contributed by atoms with Crippen LogP contribution in [0.3, 0.4) is 0 Å². The molecule has 0 N–H and O–H groups in total. The van der Waals surface area contributed by atoms with Crippen LogP contribution in [0.1, 0.15) is 36.8 Å². The molecule has 1 aromatic heterocycles. The molecule has 0 saturated carbocycles. The fraction of sp³-hybridized carbons (Fsp3) is 0.450. The average molecular weight is 357 g/mol. The molecule has 1 saturated heterocycles. The summed E-state index contributed by atoms with van der Waals surface area (Å²) >= 11 is 0. The third-order valence-corrected chi connectivity index (χ3v) is 4.72. The van der Waals surface area contributed by atoms with E-state index in [1.54, 1.807) is 30.9 Å². The van der Waals surface area contributed by atoms with E-state index in [9.17, 15) is 14.0 Å². The van der Waals surface area contributed by atoms with Crippen LogP contribution < -0.4 is 0 Å². The Labute approximate surface area is 152 Å². The minimum absolute atomic E-state index is 0.0283. The molecule has 3 rings (SSSR count). The molecule has 2 aromatic rings. The average Bonchev–Trinajstić information content (AvgIpc) is 2.57. The van der Waals surface area contributed by atoms with Crippen LogP contribution in [-0.4, -0.2) is 52.3 Å². The summed E-state index contributed by atoms with van der Waals surface area (Å²) in [4.78, 5) is 33.6. The first-order chi connectivity index (χ1) is 12.3. The minimum Gasteiger partial charge on any atom is -0.339 e. The molecule has 1 aromatic carbocycles. The highest BCUT2D eigenvalue weighted by Crippen LogP contribution is 2.23. The van der Waals surface area contributed by atoms with Gasteiger partial charge in [-0.15, -0.1) is 0 Å². The van der Waals surface area contributed by atoms with Crippen LogP contribution in [0.2, 0.25) is 0 Å². The summed E-state index contributed by atoms with van der Waals surface area (Å²) in [5.74, 6) is -0.244. The van der Waals surface area contributed by atoms with Gasteiger partial charge in [0, 0.05) is 36.8 Å². The standard InChI is InChI=1S/C20H24FN3O2/c1-12(2)11-23-7-8-24(14(4)19(23)25)20(26)17-9-13(3)22-18-10-15(21)5-6-16(17)18/h5-6,9-10,12,14H,7-8,11H2,1-4H3/t14-/m1/s1. The number of hydrogen-bond acceptors (Lipinski definition) is 3. The Morgan fingerprint density at radius 2 is 2.04 bits per heavy atom. The molecule has 26 heavy (non-hydrogen) atoms. The predicted octanol–water partition coefficient (Wildman–Crippen LogP) is 3.01. The van der Waals surface area contributed by atoms with Crippen molar-refractivity contribution in [3.8, 4) is 0 Å². The van der Waals surface area contributed by atoms with Crippen molar-refractivity contribution in [1.29, 1.82) is 0 Å². The van der Waals surface area contributed by atoms with Gasteiger partial charge in [0.05, 0.1) is 11.1 Å². The number of carbonyl (C=O) groups is 2. The van der Waals surface area contributed by atoms with Gasteiger partial charge in [-0.2, -0.15) is 0 Å². The Morgan fingerprint density at radius 3 is 2.73 bits per heavy atom. The third-order valence-electron chi connectivity index (χ3n) is 4.72. The van der Waals surface area contributed by atoms with Crippen molar-refractivity contribution in [2.45, 2.75) is 33.7 Å². The summed E-state index contributed by atoms with van der Waals surface area (Å²) in [6, 6.07) is 5.42. The highest BCUT2D eigenvalue weighted by atomic mass is 19.1. The van der Waals surface area contributed by atoms with Crippen LogP contribution in [0.25, 0.3) is 10.9 Å². The molecule has 1 aliphatic heterocycles. The zero-order valence-corrected chi connectivity index (χ0v) is 15.6. The van der Waals surface area contributed by atoms with Crippen LogP contribution in [0.4, 0.5) is 4.39 Å². The fourth-order valence-electron chi connectivity index (χ4n) is 3.49. The Hall–Kier alpha value is -2.50. The second-order valence-corrected chi connectivity index (χ2v) is 7.33. The molecule has 0 bridgehead atoms. The van der Waals surface area contributed by atoms with Crippen molar-refractivity contribution in [2.24, 2.45) is 5.92 Å². The lowest BCUT2D eigenvalue weighted by Gasteiger charge is -2.40. The number of halogens is 1. The first-order valence-electron chi connectivity index (χ1n) is 8.94. The van der Waals surface area contributed by atoms with Crippen LogP contribution >= 0.6 is 0 Å². The van der Waals surface area contributed by atoms with E-state index in [2.05, 4.69) is 18.8 Å². The maximum absolute atomic E-state index is 13.5. The number of piperazine rings is 1. The van der Waals surface area contributed by atoms with E-state index in [4.69, 9.17) is 0 Å². The van der Waals surface area contributed by atoms with Crippen molar-refractivity contribution >= 4 is 22.7 Å². The fourth-order valence-corrected chi connectivity index (χ4v) is 3.49. The van der Waals surface area contributed by atoms with E-state index in [0.29, 0.717) is 47.7 Å². The SMILES string of the molecule is Cc1cc(C(=O)N2CCN(CC(C)C)C(=O)[C@H]2C)c2ccc(F)cc2n1. The normalized spacial score (nSPS) is 18.1. The van der Waals surface area contributed by atoms with Crippen LogP contribution in [0.15, 0.2) is 24.3 Å². The third kappa shape index (κ3) is 3.41. The number of nitrogens with zero attached hydrogens (tertiary/aromatic N) is 3. The zero-order chi connectivity index (χ0) is 19.0. The van der Waals surface area contributed by atoms with E-state index < -0.39 is 6.04 Å². The number of benzene rings is 1. The van der Waals surface area contributed by atoms with Gasteiger partial charge in [-0.1, -0.05) is 13.8 Å². The lowest BCUT2D eigenvalue weighted by atomic mass is 10.0. The van der Waals surface area contributed by atoms with E-state index in [1.165, 1.54) is 12.1 Å². The van der Waals surface area contributed by atoms with Crippen LogP contribution in [0.5, 0.6) is 0 Å². The summed E-state index contributed by atoms with van der Waals surface area (Å²) in [5, 5.41) is 0.603. The molecule has 0 aliphatic carbocycles. The summed E-state index contributed by atoms with van der Waals surface area (Å²) in [6.45, 7) is 9.40. The number of hydrogen-bond donors (Lipinski definition) is 0. The molecular formula is C20H24FN3O2. The molecule has 1 fully saturated rings. The quantitative estimate of drug-likeness (QED) is 0.848. The van der Waals surface area contributed by atoms with E-state index >= 15 is 0 Å². The molecule has 0 spiro atoms. The molecule has 1 atom stereocenters. The molecule has 6 heteroatoms. The minimum atomic E-state index is -0.515. The van der Waals surface area contributed by atoms with E-state index in [-0.39, 0.29) is 17.6 Å². The van der Waals surface area contributed by atoms with Crippen molar-refractivity contribution in [2.75, 3.05) is 19.6 Å². The van der Waals surface area contributed by atoms with Gasteiger partial charge in [-0.3, -0.25) is 14.6 Å². The molecule has 1 aliphatic rings. The summed E-state index contributed by atoms with van der Waals surface area (Å²) in [5.41, 5.74) is 1.55. The number of aryl methyl sites for hydroxylation is 1. The van der Waals surface area contributed by atoms with Gasteiger partial charge >= 0.3 is 0 Å². The number of rotatable bonds is 3. The number of aromatic nitrogens is 1.